The first-order valence-corrected chi connectivity index (χ1v) is 9.67. The van der Waals surface area contributed by atoms with Crippen LogP contribution in [0.5, 0.6) is 0 Å². The maximum Gasteiger partial charge on any atom is 0.338 e. The van der Waals surface area contributed by atoms with Crippen LogP contribution in [-0.2, 0) is 4.74 Å². The molecule has 1 aliphatic rings. The van der Waals surface area contributed by atoms with E-state index < -0.39 is 18.5 Å². The number of benzene rings is 2. The normalized spacial score (nSPS) is 12.9. The molecule has 0 atom stereocenters. The standard InChI is InChI=1S/C21H18BrNO5/c1-2-3-10-23-19(25)16-9-6-14(11-17(16)20(23)26)21(27)28-12-18(24)13-4-7-15(22)8-5-13/h4-9,11H,2-3,10,12H2,1H3. The number of fused-ring (bicyclic) bond motifs is 1. The van der Waals surface area contributed by atoms with Gasteiger partial charge in [0.1, 0.15) is 0 Å². The second-order valence-electron chi connectivity index (χ2n) is 6.38. The second-order valence-corrected chi connectivity index (χ2v) is 7.30. The van der Waals surface area contributed by atoms with Crippen molar-refractivity contribution in [1.29, 1.82) is 0 Å². The molecule has 2 aromatic rings. The number of imide groups is 1. The zero-order valence-electron chi connectivity index (χ0n) is 15.2. The van der Waals surface area contributed by atoms with E-state index in [-0.39, 0.29) is 28.4 Å². The lowest BCUT2D eigenvalue weighted by Crippen LogP contribution is -2.30. The smallest absolute Gasteiger partial charge is 0.338 e. The van der Waals surface area contributed by atoms with Crippen molar-refractivity contribution in [2.24, 2.45) is 0 Å². The maximum atomic E-state index is 12.5. The van der Waals surface area contributed by atoms with Crippen molar-refractivity contribution in [2.75, 3.05) is 13.2 Å². The largest absolute Gasteiger partial charge is 0.454 e. The molecule has 0 unspecified atom stereocenters. The third-order valence-corrected chi connectivity index (χ3v) is 4.97. The van der Waals surface area contributed by atoms with Crippen LogP contribution >= 0.6 is 15.9 Å². The lowest BCUT2D eigenvalue weighted by molar-refractivity contribution is 0.0474. The molecule has 0 aromatic heterocycles. The number of Topliss-reactive ketones (excluding diaryl/α,β-unsaturated/α-hetero) is 1. The number of esters is 1. The number of nitrogens with zero attached hydrogens (tertiary/aromatic N) is 1. The van der Waals surface area contributed by atoms with Crippen LogP contribution in [0.4, 0.5) is 0 Å². The van der Waals surface area contributed by atoms with Gasteiger partial charge in [-0.15, -0.1) is 0 Å². The van der Waals surface area contributed by atoms with Crippen LogP contribution in [0.15, 0.2) is 46.9 Å². The lowest BCUT2D eigenvalue weighted by atomic mass is 10.1. The average Bonchev–Trinajstić information content (AvgIpc) is 2.94. The fourth-order valence-corrected chi connectivity index (χ4v) is 3.13. The zero-order chi connectivity index (χ0) is 20.3. The number of rotatable bonds is 7. The Hall–Kier alpha value is -2.80. The number of ketones is 1. The van der Waals surface area contributed by atoms with Crippen LogP contribution in [-0.4, -0.2) is 41.6 Å². The molecule has 0 aliphatic carbocycles. The Morgan fingerprint density at radius 3 is 2.29 bits per heavy atom. The molecule has 0 saturated heterocycles. The molecule has 0 saturated carbocycles. The SMILES string of the molecule is CCCCN1C(=O)c2ccc(C(=O)OCC(=O)c3ccc(Br)cc3)cc2C1=O. The van der Waals surface area contributed by atoms with Crippen molar-refractivity contribution in [2.45, 2.75) is 19.8 Å². The van der Waals surface area contributed by atoms with Crippen LogP contribution in [0, 0.1) is 0 Å². The van der Waals surface area contributed by atoms with Gasteiger partial charge in [0.25, 0.3) is 11.8 Å². The quantitative estimate of drug-likeness (QED) is 0.368. The summed E-state index contributed by atoms with van der Waals surface area (Å²) in [6.45, 7) is 1.92. The Balaban J connectivity index is 1.68. The molecule has 0 bridgehead atoms. The molecule has 0 spiro atoms. The third-order valence-electron chi connectivity index (χ3n) is 4.44. The molecular weight excluding hydrogens is 426 g/mol. The van der Waals surface area contributed by atoms with E-state index in [0.29, 0.717) is 12.1 Å². The first-order valence-electron chi connectivity index (χ1n) is 8.88. The highest BCUT2D eigenvalue weighted by Crippen LogP contribution is 2.24. The van der Waals surface area contributed by atoms with Gasteiger partial charge in [0.15, 0.2) is 12.4 Å². The van der Waals surface area contributed by atoms with Crippen molar-refractivity contribution in [3.05, 3.63) is 69.2 Å². The van der Waals surface area contributed by atoms with Crippen LogP contribution < -0.4 is 0 Å². The Kier molecular flexibility index (Phi) is 6.04. The molecule has 3 rings (SSSR count). The third kappa shape index (κ3) is 4.04. The van der Waals surface area contributed by atoms with E-state index in [1.165, 1.54) is 23.1 Å². The van der Waals surface area contributed by atoms with E-state index >= 15 is 0 Å². The van der Waals surface area contributed by atoms with Crippen molar-refractivity contribution >= 4 is 39.5 Å². The number of hydrogen-bond donors (Lipinski definition) is 0. The summed E-state index contributed by atoms with van der Waals surface area (Å²) in [7, 11) is 0. The predicted molar refractivity (Wildman–Crippen MR) is 105 cm³/mol. The maximum absolute atomic E-state index is 12.5. The minimum atomic E-state index is -0.722. The van der Waals surface area contributed by atoms with Gasteiger partial charge in [-0.25, -0.2) is 4.79 Å². The summed E-state index contributed by atoms with van der Waals surface area (Å²) in [6.07, 6.45) is 1.58. The molecule has 1 aliphatic heterocycles. The molecule has 2 aromatic carbocycles. The summed E-state index contributed by atoms with van der Waals surface area (Å²) < 4.78 is 5.92. The molecule has 1 heterocycles. The molecule has 6 nitrogen and oxygen atoms in total. The van der Waals surface area contributed by atoms with E-state index in [4.69, 9.17) is 4.74 Å². The van der Waals surface area contributed by atoms with Crippen LogP contribution in [0.25, 0.3) is 0 Å². The predicted octanol–water partition coefficient (Wildman–Crippen LogP) is 3.88. The molecule has 0 N–H and O–H groups in total. The van der Waals surface area contributed by atoms with Crippen molar-refractivity contribution in [3.63, 3.8) is 0 Å². The number of ether oxygens (including phenoxy) is 1. The van der Waals surface area contributed by atoms with Gasteiger partial charge in [-0.05, 0) is 36.8 Å². The van der Waals surface area contributed by atoms with Gasteiger partial charge in [0, 0.05) is 16.6 Å². The van der Waals surface area contributed by atoms with E-state index in [1.807, 2.05) is 6.92 Å². The van der Waals surface area contributed by atoms with Crippen molar-refractivity contribution in [3.8, 4) is 0 Å². The zero-order valence-corrected chi connectivity index (χ0v) is 16.8. The molecule has 7 heteroatoms. The summed E-state index contributed by atoms with van der Waals surface area (Å²) in [6, 6.07) is 10.9. The molecule has 28 heavy (non-hydrogen) atoms. The summed E-state index contributed by atoms with van der Waals surface area (Å²) in [5.74, 6) is -1.81. The number of hydrogen-bond acceptors (Lipinski definition) is 5. The van der Waals surface area contributed by atoms with Crippen molar-refractivity contribution < 1.29 is 23.9 Å². The Morgan fingerprint density at radius 2 is 1.61 bits per heavy atom. The fraction of sp³-hybridized carbons (Fsp3) is 0.238. The number of halogens is 1. The molecule has 0 fully saturated rings. The van der Waals surface area contributed by atoms with Gasteiger partial charge >= 0.3 is 5.97 Å². The number of unbranched alkanes of at least 4 members (excludes halogenated alkanes) is 1. The highest BCUT2D eigenvalue weighted by Gasteiger charge is 2.35. The summed E-state index contributed by atoms with van der Waals surface area (Å²) in [5, 5.41) is 0. The van der Waals surface area contributed by atoms with Crippen LogP contribution in [0.2, 0.25) is 0 Å². The molecular formula is C21H18BrNO5. The van der Waals surface area contributed by atoms with Crippen molar-refractivity contribution in [1.82, 2.24) is 4.90 Å². The minimum absolute atomic E-state index is 0.126. The van der Waals surface area contributed by atoms with E-state index in [1.54, 1.807) is 24.3 Å². The van der Waals surface area contributed by atoms with Gasteiger partial charge in [0.05, 0.1) is 16.7 Å². The van der Waals surface area contributed by atoms with Gasteiger partial charge in [-0.3, -0.25) is 19.3 Å². The van der Waals surface area contributed by atoms with Gasteiger partial charge in [-0.2, -0.15) is 0 Å². The first kappa shape index (κ1) is 19.9. The van der Waals surface area contributed by atoms with Crippen LogP contribution in [0.1, 0.15) is 61.2 Å². The average molecular weight is 444 g/mol. The topological polar surface area (TPSA) is 80.8 Å². The molecule has 144 valence electrons. The fourth-order valence-electron chi connectivity index (χ4n) is 2.87. The first-order chi connectivity index (χ1) is 13.4. The Bertz CT molecular complexity index is 952. The number of carbonyl (C=O) groups is 4. The van der Waals surface area contributed by atoms with E-state index in [0.717, 1.165) is 17.3 Å². The highest BCUT2D eigenvalue weighted by atomic mass is 79.9. The molecule has 0 radical (unpaired) electrons. The summed E-state index contributed by atoms with van der Waals surface area (Å²) in [4.78, 5) is 50.4. The Morgan fingerprint density at radius 1 is 0.964 bits per heavy atom. The monoisotopic (exact) mass is 443 g/mol. The summed E-state index contributed by atoms with van der Waals surface area (Å²) in [5.41, 5.74) is 1.02. The van der Waals surface area contributed by atoms with Crippen LogP contribution in [0.3, 0.4) is 0 Å². The number of carbonyl (C=O) groups excluding carboxylic acids is 4. The van der Waals surface area contributed by atoms with Gasteiger partial charge < -0.3 is 4.74 Å². The van der Waals surface area contributed by atoms with E-state index in [2.05, 4.69) is 15.9 Å². The lowest BCUT2D eigenvalue weighted by Gasteiger charge is -2.12. The number of amides is 2. The van der Waals surface area contributed by atoms with Gasteiger partial charge in [-0.1, -0.05) is 41.4 Å². The highest BCUT2D eigenvalue weighted by molar-refractivity contribution is 9.10. The summed E-state index contributed by atoms with van der Waals surface area (Å²) >= 11 is 3.29. The molecule has 2 amide bonds. The minimum Gasteiger partial charge on any atom is -0.454 e. The van der Waals surface area contributed by atoms with E-state index in [9.17, 15) is 19.2 Å². The Labute approximate surface area is 170 Å². The second kappa shape index (κ2) is 8.48. The van der Waals surface area contributed by atoms with Gasteiger partial charge in [0.2, 0.25) is 0 Å².